The minimum Gasteiger partial charge on any atom is -0.495 e. The fraction of sp³-hybridized carbons (Fsp3) is 0.500. The summed E-state index contributed by atoms with van der Waals surface area (Å²) in [6, 6.07) is 5.20. The Morgan fingerprint density at radius 3 is 2.72 bits per heavy atom. The van der Waals surface area contributed by atoms with E-state index in [0.717, 1.165) is 19.6 Å². The molecule has 98 valence electrons. The highest BCUT2D eigenvalue weighted by Gasteiger charge is 2.14. The van der Waals surface area contributed by atoms with Gasteiger partial charge in [-0.25, -0.2) is 0 Å². The van der Waals surface area contributed by atoms with Crippen LogP contribution in [0.4, 0.5) is 0 Å². The molecular weight excluding hydrogens is 250 g/mol. The molecule has 0 saturated carbocycles. The molecule has 0 amide bonds. The maximum atomic E-state index is 12.0. The van der Waals surface area contributed by atoms with Gasteiger partial charge in [-0.15, -0.1) is 0 Å². The Bertz CT molecular complexity index is 428. The first kappa shape index (κ1) is 13.4. The highest BCUT2D eigenvalue weighted by Crippen LogP contribution is 2.25. The molecule has 1 aliphatic rings. The number of benzene rings is 1. The van der Waals surface area contributed by atoms with Crippen molar-refractivity contribution in [3.63, 3.8) is 0 Å². The van der Waals surface area contributed by atoms with Gasteiger partial charge in [0.15, 0.2) is 5.78 Å². The Morgan fingerprint density at radius 1 is 1.39 bits per heavy atom. The smallest absolute Gasteiger partial charge is 0.164 e. The van der Waals surface area contributed by atoms with Crippen LogP contribution < -0.4 is 4.74 Å². The number of methoxy groups -OCH3 is 1. The quantitative estimate of drug-likeness (QED) is 0.768. The third-order valence-corrected chi connectivity index (χ3v) is 3.62. The van der Waals surface area contributed by atoms with Crippen LogP contribution in [0.1, 0.15) is 29.6 Å². The van der Waals surface area contributed by atoms with E-state index in [1.165, 1.54) is 12.8 Å². The lowest BCUT2D eigenvalue weighted by Crippen LogP contribution is -2.22. The second kappa shape index (κ2) is 6.21. The third-order valence-electron chi connectivity index (χ3n) is 3.33. The predicted molar refractivity (Wildman–Crippen MR) is 72.6 cm³/mol. The molecule has 1 saturated heterocycles. The largest absolute Gasteiger partial charge is 0.495 e. The van der Waals surface area contributed by atoms with E-state index in [2.05, 4.69) is 4.90 Å². The molecule has 0 unspecified atom stereocenters. The molecule has 0 aromatic heterocycles. The second-order valence-electron chi connectivity index (χ2n) is 4.57. The lowest BCUT2D eigenvalue weighted by Gasteiger charge is -2.13. The van der Waals surface area contributed by atoms with Crippen molar-refractivity contribution in [1.29, 1.82) is 0 Å². The zero-order valence-corrected chi connectivity index (χ0v) is 11.4. The summed E-state index contributed by atoms with van der Waals surface area (Å²) in [6.07, 6.45) is 3.06. The molecule has 4 heteroatoms. The van der Waals surface area contributed by atoms with Gasteiger partial charge in [-0.05, 0) is 44.1 Å². The number of nitrogens with zero attached hydrogens (tertiary/aromatic N) is 1. The molecule has 1 aromatic rings. The monoisotopic (exact) mass is 267 g/mol. The number of ether oxygens (including phenoxy) is 1. The van der Waals surface area contributed by atoms with Gasteiger partial charge in [0, 0.05) is 18.5 Å². The van der Waals surface area contributed by atoms with Gasteiger partial charge in [-0.1, -0.05) is 11.6 Å². The van der Waals surface area contributed by atoms with Crippen molar-refractivity contribution in [2.75, 3.05) is 26.7 Å². The minimum absolute atomic E-state index is 0.145. The average Bonchev–Trinajstić information content (AvgIpc) is 2.89. The number of hydrogen-bond acceptors (Lipinski definition) is 3. The molecule has 0 bridgehead atoms. The van der Waals surface area contributed by atoms with Crippen molar-refractivity contribution in [2.24, 2.45) is 0 Å². The molecule has 3 nitrogen and oxygen atoms in total. The summed E-state index contributed by atoms with van der Waals surface area (Å²) >= 11 is 6.01. The summed E-state index contributed by atoms with van der Waals surface area (Å²) in [5.74, 6) is 0.749. The summed E-state index contributed by atoms with van der Waals surface area (Å²) < 4.78 is 5.07. The Morgan fingerprint density at radius 2 is 2.11 bits per heavy atom. The van der Waals surface area contributed by atoms with E-state index in [0.29, 0.717) is 22.8 Å². The number of halogens is 1. The predicted octanol–water partition coefficient (Wildman–Crippen LogP) is 3.02. The maximum absolute atomic E-state index is 12.0. The first-order chi connectivity index (χ1) is 8.70. The van der Waals surface area contributed by atoms with Crippen LogP contribution >= 0.6 is 11.6 Å². The van der Waals surface area contributed by atoms with Crippen molar-refractivity contribution in [3.05, 3.63) is 28.8 Å². The molecule has 0 spiro atoms. The molecule has 1 aliphatic heterocycles. The van der Waals surface area contributed by atoms with E-state index in [9.17, 15) is 4.79 Å². The van der Waals surface area contributed by atoms with Crippen LogP contribution in [-0.4, -0.2) is 37.4 Å². The number of ketones is 1. The Labute approximate surface area is 113 Å². The number of hydrogen-bond donors (Lipinski definition) is 0. The van der Waals surface area contributed by atoms with Gasteiger partial charge in [0.25, 0.3) is 0 Å². The average molecular weight is 268 g/mol. The fourth-order valence-electron chi connectivity index (χ4n) is 2.25. The summed E-state index contributed by atoms with van der Waals surface area (Å²) in [4.78, 5) is 14.4. The SMILES string of the molecule is COc1ccc(C(=O)CCN2CCCC2)cc1Cl. The van der Waals surface area contributed by atoms with Crippen molar-refractivity contribution < 1.29 is 9.53 Å². The van der Waals surface area contributed by atoms with Gasteiger partial charge in [-0.3, -0.25) is 4.79 Å². The van der Waals surface area contributed by atoms with Gasteiger partial charge in [0.2, 0.25) is 0 Å². The lowest BCUT2D eigenvalue weighted by molar-refractivity contribution is 0.0969. The molecule has 0 atom stereocenters. The van der Waals surface area contributed by atoms with E-state index < -0.39 is 0 Å². The number of likely N-dealkylation sites (tertiary alicyclic amines) is 1. The van der Waals surface area contributed by atoms with Crippen molar-refractivity contribution in [2.45, 2.75) is 19.3 Å². The summed E-state index contributed by atoms with van der Waals surface area (Å²) in [5, 5.41) is 0.490. The Balaban J connectivity index is 1.93. The fourth-order valence-corrected chi connectivity index (χ4v) is 2.51. The maximum Gasteiger partial charge on any atom is 0.164 e. The van der Waals surface area contributed by atoms with E-state index in [4.69, 9.17) is 16.3 Å². The number of carbonyl (C=O) groups excluding carboxylic acids is 1. The zero-order chi connectivity index (χ0) is 13.0. The van der Waals surface area contributed by atoms with Gasteiger partial charge in [0.05, 0.1) is 12.1 Å². The van der Waals surface area contributed by atoms with Gasteiger partial charge < -0.3 is 9.64 Å². The van der Waals surface area contributed by atoms with Gasteiger partial charge in [0.1, 0.15) is 5.75 Å². The van der Waals surface area contributed by atoms with Crippen LogP contribution in [0, 0.1) is 0 Å². The first-order valence-corrected chi connectivity index (χ1v) is 6.67. The van der Waals surface area contributed by atoms with Crippen LogP contribution in [0.3, 0.4) is 0 Å². The third kappa shape index (κ3) is 3.24. The van der Waals surface area contributed by atoms with Crippen LogP contribution in [0.15, 0.2) is 18.2 Å². The van der Waals surface area contributed by atoms with Crippen LogP contribution in [-0.2, 0) is 0 Å². The second-order valence-corrected chi connectivity index (χ2v) is 4.98. The van der Waals surface area contributed by atoms with E-state index in [-0.39, 0.29) is 5.78 Å². The molecule has 2 rings (SSSR count). The normalized spacial score (nSPS) is 15.9. The standard InChI is InChI=1S/C14H18ClNO2/c1-18-14-5-4-11(10-12(14)15)13(17)6-9-16-7-2-3-8-16/h4-5,10H,2-3,6-9H2,1H3. The molecule has 0 aliphatic carbocycles. The Kier molecular flexibility index (Phi) is 4.61. The lowest BCUT2D eigenvalue weighted by atomic mass is 10.1. The molecule has 1 heterocycles. The number of rotatable bonds is 5. The summed E-state index contributed by atoms with van der Waals surface area (Å²) in [7, 11) is 1.57. The minimum atomic E-state index is 0.145. The van der Waals surface area contributed by atoms with Crippen molar-refractivity contribution in [1.82, 2.24) is 4.90 Å². The van der Waals surface area contributed by atoms with Crippen molar-refractivity contribution in [3.8, 4) is 5.75 Å². The van der Waals surface area contributed by atoms with Crippen molar-refractivity contribution >= 4 is 17.4 Å². The zero-order valence-electron chi connectivity index (χ0n) is 10.6. The van der Waals surface area contributed by atoms with E-state index in [1.54, 1.807) is 25.3 Å². The molecule has 0 N–H and O–H groups in total. The summed E-state index contributed by atoms with van der Waals surface area (Å²) in [5.41, 5.74) is 0.667. The molecule has 1 fully saturated rings. The summed E-state index contributed by atoms with van der Waals surface area (Å²) in [6.45, 7) is 3.09. The first-order valence-electron chi connectivity index (χ1n) is 6.30. The van der Waals surface area contributed by atoms with E-state index in [1.807, 2.05) is 0 Å². The molecule has 18 heavy (non-hydrogen) atoms. The van der Waals surface area contributed by atoms with Crippen LogP contribution in [0.25, 0.3) is 0 Å². The topological polar surface area (TPSA) is 29.5 Å². The number of carbonyl (C=O) groups is 1. The number of Topliss-reactive ketones (excluding diaryl/α,β-unsaturated/α-hetero) is 1. The molecule has 1 aromatic carbocycles. The molecule has 0 radical (unpaired) electrons. The highest BCUT2D eigenvalue weighted by molar-refractivity contribution is 6.32. The van der Waals surface area contributed by atoms with E-state index >= 15 is 0 Å². The van der Waals surface area contributed by atoms with Gasteiger partial charge >= 0.3 is 0 Å². The van der Waals surface area contributed by atoms with Gasteiger partial charge in [-0.2, -0.15) is 0 Å². The highest BCUT2D eigenvalue weighted by atomic mass is 35.5. The molecular formula is C14H18ClNO2. The van der Waals surface area contributed by atoms with Crippen LogP contribution in [0.2, 0.25) is 5.02 Å². The van der Waals surface area contributed by atoms with Crippen LogP contribution in [0.5, 0.6) is 5.75 Å². The Hall–Kier alpha value is -1.06.